The normalized spacial score (nSPS) is 14.4. The van der Waals surface area contributed by atoms with Gasteiger partial charge in [0.2, 0.25) is 11.8 Å². The predicted molar refractivity (Wildman–Crippen MR) is 119 cm³/mol. The van der Waals surface area contributed by atoms with Gasteiger partial charge in [0.1, 0.15) is 5.82 Å². The first-order valence-electron chi connectivity index (χ1n) is 10.2. The Hall–Kier alpha value is -3.13. The van der Waals surface area contributed by atoms with Crippen LogP contribution in [0.25, 0.3) is 11.3 Å². The molecule has 0 spiro atoms. The van der Waals surface area contributed by atoms with Gasteiger partial charge in [-0.15, -0.1) is 0 Å². The minimum absolute atomic E-state index is 0.0107. The summed E-state index contributed by atoms with van der Waals surface area (Å²) in [5.41, 5.74) is 2.41. The van der Waals surface area contributed by atoms with E-state index in [1.807, 2.05) is 35.2 Å². The summed E-state index contributed by atoms with van der Waals surface area (Å²) >= 11 is 1.34. The van der Waals surface area contributed by atoms with E-state index in [-0.39, 0.29) is 29.3 Å². The molecular weight excluding hydrogens is 415 g/mol. The highest BCUT2D eigenvalue weighted by Crippen LogP contribution is 2.24. The van der Waals surface area contributed by atoms with Crippen molar-refractivity contribution in [3.05, 3.63) is 66.6 Å². The van der Waals surface area contributed by atoms with Crippen molar-refractivity contribution in [3.63, 3.8) is 0 Å². The third kappa shape index (κ3) is 5.52. The molecule has 0 bridgehead atoms. The van der Waals surface area contributed by atoms with Gasteiger partial charge in [-0.2, -0.15) is 0 Å². The summed E-state index contributed by atoms with van der Waals surface area (Å²) in [5.74, 6) is -0.0506. The van der Waals surface area contributed by atoms with Crippen LogP contribution in [0.1, 0.15) is 12.8 Å². The van der Waals surface area contributed by atoms with Gasteiger partial charge in [-0.3, -0.25) is 9.59 Å². The van der Waals surface area contributed by atoms with E-state index in [4.69, 9.17) is 0 Å². The molecule has 3 aromatic rings. The molecule has 0 aliphatic carbocycles. The van der Waals surface area contributed by atoms with Crippen molar-refractivity contribution in [2.45, 2.75) is 18.0 Å². The lowest BCUT2D eigenvalue weighted by Crippen LogP contribution is -2.42. The van der Waals surface area contributed by atoms with Crippen molar-refractivity contribution >= 4 is 29.3 Å². The average molecular weight is 439 g/mol. The summed E-state index contributed by atoms with van der Waals surface area (Å²) in [6, 6.07) is 15.6. The van der Waals surface area contributed by atoms with E-state index in [0.29, 0.717) is 31.1 Å². The molecule has 0 unspecified atom stereocenters. The number of nitrogens with zero attached hydrogens (tertiary/aromatic N) is 2. The average Bonchev–Trinajstić information content (AvgIpc) is 3.28. The number of rotatable bonds is 6. The first kappa shape index (κ1) is 21.1. The predicted octanol–water partition coefficient (Wildman–Crippen LogP) is 4.19. The molecule has 2 aromatic carbocycles. The Balaban J connectivity index is 1.23. The molecule has 1 saturated heterocycles. The number of likely N-dealkylation sites (tertiary alicyclic amines) is 1. The topological polar surface area (TPSA) is 78.1 Å². The van der Waals surface area contributed by atoms with Crippen molar-refractivity contribution in [2.24, 2.45) is 5.92 Å². The van der Waals surface area contributed by atoms with Gasteiger partial charge < -0.3 is 15.2 Å². The lowest BCUT2D eigenvalue weighted by Gasteiger charge is -2.31. The Morgan fingerprint density at radius 2 is 1.81 bits per heavy atom. The van der Waals surface area contributed by atoms with Crippen molar-refractivity contribution in [2.75, 3.05) is 24.2 Å². The zero-order valence-corrected chi connectivity index (χ0v) is 17.7. The smallest absolute Gasteiger partial charge is 0.233 e. The number of halogens is 1. The number of aromatic nitrogens is 2. The number of benzene rings is 2. The number of aromatic amines is 1. The van der Waals surface area contributed by atoms with Gasteiger partial charge in [-0.25, -0.2) is 9.37 Å². The van der Waals surface area contributed by atoms with E-state index < -0.39 is 0 Å². The second-order valence-corrected chi connectivity index (χ2v) is 8.37. The van der Waals surface area contributed by atoms with E-state index in [1.165, 1.54) is 23.9 Å². The van der Waals surface area contributed by atoms with Crippen LogP contribution in [-0.4, -0.2) is 45.5 Å². The van der Waals surface area contributed by atoms with Crippen LogP contribution >= 0.6 is 11.8 Å². The number of anilines is 1. The maximum absolute atomic E-state index is 13.1. The van der Waals surface area contributed by atoms with E-state index >= 15 is 0 Å². The Morgan fingerprint density at radius 3 is 2.52 bits per heavy atom. The van der Waals surface area contributed by atoms with Gasteiger partial charge in [-0.1, -0.05) is 30.0 Å². The molecule has 160 valence electrons. The molecule has 0 saturated carbocycles. The lowest BCUT2D eigenvalue weighted by molar-refractivity contribution is -0.132. The second kappa shape index (κ2) is 9.78. The van der Waals surface area contributed by atoms with Crippen LogP contribution in [0, 0.1) is 11.7 Å². The van der Waals surface area contributed by atoms with Gasteiger partial charge in [-0.05, 0) is 54.8 Å². The van der Waals surface area contributed by atoms with E-state index in [2.05, 4.69) is 15.3 Å². The molecule has 0 radical (unpaired) electrons. The molecule has 0 atom stereocenters. The maximum Gasteiger partial charge on any atom is 0.233 e. The highest BCUT2D eigenvalue weighted by Gasteiger charge is 2.27. The molecule has 1 aliphatic heterocycles. The number of nitrogens with one attached hydrogen (secondary N) is 2. The fourth-order valence-corrected chi connectivity index (χ4v) is 4.28. The number of imidazole rings is 1. The summed E-state index contributed by atoms with van der Waals surface area (Å²) in [4.78, 5) is 34.3. The number of amides is 2. The first-order chi connectivity index (χ1) is 15.1. The Bertz CT molecular complexity index is 1030. The summed E-state index contributed by atoms with van der Waals surface area (Å²) in [7, 11) is 0. The lowest BCUT2D eigenvalue weighted by atomic mass is 9.96. The summed E-state index contributed by atoms with van der Waals surface area (Å²) < 4.78 is 13.1. The molecule has 8 heteroatoms. The van der Waals surface area contributed by atoms with Crippen LogP contribution in [0.15, 0.2) is 66.0 Å². The highest BCUT2D eigenvalue weighted by atomic mass is 32.2. The number of para-hydroxylation sites is 1. The summed E-state index contributed by atoms with van der Waals surface area (Å²) in [6.45, 7) is 1.15. The second-order valence-electron chi connectivity index (χ2n) is 7.41. The number of thioether (sulfide) groups is 1. The number of piperidine rings is 1. The van der Waals surface area contributed by atoms with Gasteiger partial charge >= 0.3 is 0 Å². The molecule has 2 amide bonds. The quantitative estimate of drug-likeness (QED) is 0.566. The van der Waals surface area contributed by atoms with E-state index in [1.54, 1.807) is 18.3 Å². The number of carbonyl (C=O) groups is 2. The zero-order chi connectivity index (χ0) is 21.6. The zero-order valence-electron chi connectivity index (χ0n) is 16.9. The van der Waals surface area contributed by atoms with Crippen molar-refractivity contribution in [3.8, 4) is 11.3 Å². The van der Waals surface area contributed by atoms with Crippen LogP contribution in [0.4, 0.5) is 10.1 Å². The Labute approximate surface area is 184 Å². The molecule has 6 nitrogen and oxygen atoms in total. The molecule has 2 N–H and O–H groups in total. The van der Waals surface area contributed by atoms with Crippen LogP contribution in [-0.2, 0) is 9.59 Å². The van der Waals surface area contributed by atoms with Crippen molar-refractivity contribution in [1.29, 1.82) is 0 Å². The van der Waals surface area contributed by atoms with Crippen LogP contribution < -0.4 is 5.32 Å². The molecule has 1 aliphatic rings. The summed E-state index contributed by atoms with van der Waals surface area (Å²) in [5, 5.41) is 3.58. The van der Waals surface area contributed by atoms with Crippen LogP contribution in [0.2, 0.25) is 0 Å². The molecule has 31 heavy (non-hydrogen) atoms. The highest BCUT2D eigenvalue weighted by molar-refractivity contribution is 7.99. The SMILES string of the molecule is O=C(Nc1ccccc1)C1CCN(C(=O)CSc2ncc(-c3ccc(F)cc3)[nH]2)CC1. The van der Waals surface area contributed by atoms with Gasteiger partial charge in [0.05, 0.1) is 17.6 Å². The monoisotopic (exact) mass is 438 g/mol. The van der Waals surface area contributed by atoms with Gasteiger partial charge in [0.25, 0.3) is 0 Å². The summed E-state index contributed by atoms with van der Waals surface area (Å²) in [6.07, 6.45) is 2.99. The minimum Gasteiger partial charge on any atom is -0.342 e. The van der Waals surface area contributed by atoms with E-state index in [9.17, 15) is 14.0 Å². The Kier molecular flexibility index (Phi) is 6.66. The minimum atomic E-state index is -0.287. The van der Waals surface area contributed by atoms with Crippen LogP contribution in [0.5, 0.6) is 0 Å². The third-order valence-electron chi connectivity index (χ3n) is 5.30. The van der Waals surface area contributed by atoms with Crippen molar-refractivity contribution in [1.82, 2.24) is 14.9 Å². The van der Waals surface area contributed by atoms with Crippen molar-refractivity contribution < 1.29 is 14.0 Å². The standard InChI is InChI=1S/C23H23FN4O2S/c24-18-8-6-16(7-9-18)20-14-25-23(27-20)31-15-21(29)28-12-10-17(11-13-28)22(30)26-19-4-2-1-3-5-19/h1-9,14,17H,10-13,15H2,(H,25,27)(H,26,30). The maximum atomic E-state index is 13.1. The molecule has 2 heterocycles. The number of H-pyrrole nitrogens is 1. The molecule has 1 aromatic heterocycles. The Morgan fingerprint density at radius 1 is 1.10 bits per heavy atom. The number of carbonyl (C=O) groups excluding carboxylic acids is 2. The van der Waals surface area contributed by atoms with Gasteiger partial charge in [0.15, 0.2) is 5.16 Å². The fourth-order valence-electron chi connectivity index (χ4n) is 3.53. The number of hydrogen-bond donors (Lipinski definition) is 2. The molecular formula is C23H23FN4O2S. The molecule has 1 fully saturated rings. The van der Waals surface area contributed by atoms with Gasteiger partial charge in [0, 0.05) is 24.7 Å². The first-order valence-corrected chi connectivity index (χ1v) is 11.1. The fraction of sp³-hybridized carbons (Fsp3) is 0.261. The number of hydrogen-bond acceptors (Lipinski definition) is 4. The van der Waals surface area contributed by atoms with E-state index in [0.717, 1.165) is 16.9 Å². The third-order valence-corrected chi connectivity index (χ3v) is 6.17. The van der Waals surface area contributed by atoms with Crippen LogP contribution in [0.3, 0.4) is 0 Å². The largest absolute Gasteiger partial charge is 0.342 e. The molecule has 4 rings (SSSR count).